The van der Waals surface area contributed by atoms with Crippen molar-refractivity contribution in [2.45, 2.75) is 38.9 Å². The van der Waals surface area contributed by atoms with Crippen molar-refractivity contribution in [3.63, 3.8) is 0 Å². The minimum atomic E-state index is -0.496. The van der Waals surface area contributed by atoms with Gasteiger partial charge in [-0.15, -0.1) is 0 Å². The maximum Gasteiger partial charge on any atom is 0.260 e. The van der Waals surface area contributed by atoms with E-state index in [1.807, 2.05) is 31.2 Å². The van der Waals surface area contributed by atoms with Crippen molar-refractivity contribution < 1.29 is 14.3 Å². The fraction of sp³-hybridized carbons (Fsp3) is 0.533. The number of ether oxygens (including phenoxy) is 2. The van der Waals surface area contributed by atoms with Crippen molar-refractivity contribution in [3.8, 4) is 5.75 Å². The Morgan fingerprint density at radius 3 is 2.84 bits per heavy atom. The highest BCUT2D eigenvalue weighted by Gasteiger charge is 2.19. The molecule has 104 valence electrons. The Morgan fingerprint density at radius 2 is 2.21 bits per heavy atom. The maximum absolute atomic E-state index is 11.9. The highest BCUT2D eigenvalue weighted by atomic mass is 16.5. The Hall–Kier alpha value is -1.55. The van der Waals surface area contributed by atoms with Crippen LogP contribution in [0.25, 0.3) is 0 Å². The molecule has 1 aromatic carbocycles. The van der Waals surface area contributed by atoms with Gasteiger partial charge in [0.2, 0.25) is 0 Å². The molecule has 0 radical (unpaired) electrons. The first-order chi connectivity index (χ1) is 9.15. The van der Waals surface area contributed by atoms with Crippen LogP contribution in [0.3, 0.4) is 0 Å². The van der Waals surface area contributed by atoms with E-state index in [1.165, 1.54) is 5.56 Å². The summed E-state index contributed by atoms with van der Waals surface area (Å²) < 4.78 is 11.1. The standard InChI is InChI=1S/C15H21NO3/c1-11-5-7-13(8-6-11)19-12(2)15(17)16-10-14-4-3-9-18-14/h5-8,12,14H,3-4,9-10H2,1-2H3,(H,16,17). The quantitative estimate of drug-likeness (QED) is 0.884. The van der Waals surface area contributed by atoms with Gasteiger partial charge >= 0.3 is 0 Å². The van der Waals surface area contributed by atoms with Crippen LogP contribution in [0.4, 0.5) is 0 Å². The molecule has 1 aromatic rings. The molecule has 0 aliphatic carbocycles. The molecule has 4 heteroatoms. The Morgan fingerprint density at radius 1 is 1.47 bits per heavy atom. The third-order valence-electron chi connectivity index (χ3n) is 3.23. The molecule has 1 saturated heterocycles. The lowest BCUT2D eigenvalue weighted by Gasteiger charge is -2.16. The van der Waals surface area contributed by atoms with Crippen molar-refractivity contribution >= 4 is 5.91 Å². The third kappa shape index (κ3) is 4.24. The molecule has 1 heterocycles. The molecule has 0 spiro atoms. The summed E-state index contributed by atoms with van der Waals surface area (Å²) in [5.41, 5.74) is 1.17. The van der Waals surface area contributed by atoms with Crippen LogP contribution < -0.4 is 10.1 Å². The van der Waals surface area contributed by atoms with Crippen molar-refractivity contribution in [2.75, 3.05) is 13.2 Å². The van der Waals surface area contributed by atoms with E-state index in [4.69, 9.17) is 9.47 Å². The molecule has 2 atom stereocenters. The van der Waals surface area contributed by atoms with Crippen LogP contribution in [0.2, 0.25) is 0 Å². The molecule has 0 bridgehead atoms. The van der Waals surface area contributed by atoms with Gasteiger partial charge in [-0.05, 0) is 38.8 Å². The Balaban J connectivity index is 1.76. The Kier molecular flexibility index (Phi) is 4.80. The second-order valence-corrected chi connectivity index (χ2v) is 4.95. The fourth-order valence-corrected chi connectivity index (χ4v) is 2.04. The van der Waals surface area contributed by atoms with Gasteiger partial charge in [-0.2, -0.15) is 0 Å². The van der Waals surface area contributed by atoms with E-state index in [0.717, 1.165) is 19.4 Å². The number of carbonyl (C=O) groups is 1. The molecule has 1 fully saturated rings. The van der Waals surface area contributed by atoms with E-state index in [0.29, 0.717) is 12.3 Å². The predicted molar refractivity (Wildman–Crippen MR) is 73.3 cm³/mol. The summed E-state index contributed by atoms with van der Waals surface area (Å²) in [7, 11) is 0. The van der Waals surface area contributed by atoms with E-state index < -0.39 is 6.10 Å². The van der Waals surface area contributed by atoms with Gasteiger partial charge in [0.1, 0.15) is 5.75 Å². The lowest BCUT2D eigenvalue weighted by atomic mass is 10.2. The van der Waals surface area contributed by atoms with Crippen LogP contribution in [0, 0.1) is 6.92 Å². The summed E-state index contributed by atoms with van der Waals surface area (Å²) in [6.07, 6.45) is 1.77. The molecular formula is C15H21NO3. The van der Waals surface area contributed by atoms with E-state index in [1.54, 1.807) is 6.92 Å². The van der Waals surface area contributed by atoms with Gasteiger partial charge in [-0.25, -0.2) is 0 Å². The first-order valence-corrected chi connectivity index (χ1v) is 6.78. The zero-order valence-corrected chi connectivity index (χ0v) is 11.5. The topological polar surface area (TPSA) is 47.6 Å². The average Bonchev–Trinajstić information content (AvgIpc) is 2.91. The lowest BCUT2D eigenvalue weighted by Crippen LogP contribution is -2.40. The van der Waals surface area contributed by atoms with E-state index in [2.05, 4.69) is 5.32 Å². The van der Waals surface area contributed by atoms with Crippen molar-refractivity contribution in [3.05, 3.63) is 29.8 Å². The summed E-state index contributed by atoms with van der Waals surface area (Å²) in [6.45, 7) is 5.14. The van der Waals surface area contributed by atoms with Crippen LogP contribution in [-0.2, 0) is 9.53 Å². The molecule has 0 saturated carbocycles. The summed E-state index contributed by atoms with van der Waals surface area (Å²) in [5, 5.41) is 2.87. The number of amides is 1. The summed E-state index contributed by atoms with van der Waals surface area (Å²) >= 11 is 0. The van der Waals surface area contributed by atoms with Gasteiger partial charge in [0, 0.05) is 13.2 Å². The second kappa shape index (κ2) is 6.57. The lowest BCUT2D eigenvalue weighted by molar-refractivity contribution is -0.127. The van der Waals surface area contributed by atoms with Crippen LogP contribution in [0.15, 0.2) is 24.3 Å². The smallest absolute Gasteiger partial charge is 0.260 e. The minimum absolute atomic E-state index is 0.101. The van der Waals surface area contributed by atoms with Gasteiger partial charge in [0.25, 0.3) is 5.91 Å². The van der Waals surface area contributed by atoms with E-state index >= 15 is 0 Å². The number of nitrogens with one attached hydrogen (secondary N) is 1. The fourth-order valence-electron chi connectivity index (χ4n) is 2.04. The molecule has 2 unspecified atom stereocenters. The predicted octanol–water partition coefficient (Wildman–Crippen LogP) is 2.06. The molecular weight excluding hydrogens is 242 g/mol. The number of rotatable bonds is 5. The largest absolute Gasteiger partial charge is 0.481 e. The first-order valence-electron chi connectivity index (χ1n) is 6.78. The van der Waals surface area contributed by atoms with E-state index in [-0.39, 0.29) is 12.0 Å². The molecule has 1 aliphatic heterocycles. The van der Waals surface area contributed by atoms with E-state index in [9.17, 15) is 4.79 Å². The average molecular weight is 263 g/mol. The zero-order valence-electron chi connectivity index (χ0n) is 11.5. The highest BCUT2D eigenvalue weighted by Crippen LogP contribution is 2.14. The van der Waals surface area contributed by atoms with Gasteiger partial charge in [0.15, 0.2) is 6.10 Å². The minimum Gasteiger partial charge on any atom is -0.481 e. The Labute approximate surface area is 114 Å². The third-order valence-corrected chi connectivity index (χ3v) is 3.23. The molecule has 1 aliphatic rings. The monoisotopic (exact) mass is 263 g/mol. The van der Waals surface area contributed by atoms with Crippen molar-refractivity contribution in [1.82, 2.24) is 5.32 Å². The normalized spacial score (nSPS) is 20.0. The number of benzene rings is 1. The maximum atomic E-state index is 11.9. The van der Waals surface area contributed by atoms with Crippen LogP contribution in [0.5, 0.6) is 5.75 Å². The second-order valence-electron chi connectivity index (χ2n) is 4.95. The van der Waals surface area contributed by atoms with Gasteiger partial charge in [-0.3, -0.25) is 4.79 Å². The first kappa shape index (κ1) is 13.9. The summed E-state index contributed by atoms with van der Waals surface area (Å²) in [6, 6.07) is 7.68. The number of aryl methyl sites for hydroxylation is 1. The molecule has 4 nitrogen and oxygen atoms in total. The molecule has 1 N–H and O–H groups in total. The molecule has 1 amide bonds. The SMILES string of the molecule is Cc1ccc(OC(C)C(=O)NCC2CCCO2)cc1. The number of hydrogen-bond acceptors (Lipinski definition) is 3. The van der Waals surface area contributed by atoms with Crippen molar-refractivity contribution in [2.24, 2.45) is 0 Å². The van der Waals surface area contributed by atoms with Crippen LogP contribution >= 0.6 is 0 Å². The van der Waals surface area contributed by atoms with Gasteiger partial charge in [-0.1, -0.05) is 17.7 Å². The van der Waals surface area contributed by atoms with Crippen LogP contribution in [0.1, 0.15) is 25.3 Å². The molecule has 19 heavy (non-hydrogen) atoms. The summed E-state index contributed by atoms with van der Waals surface area (Å²) in [5.74, 6) is 0.612. The zero-order chi connectivity index (χ0) is 13.7. The van der Waals surface area contributed by atoms with Gasteiger partial charge in [0.05, 0.1) is 6.10 Å². The Bertz CT molecular complexity index is 410. The van der Waals surface area contributed by atoms with Crippen molar-refractivity contribution in [1.29, 1.82) is 0 Å². The van der Waals surface area contributed by atoms with Crippen LogP contribution in [-0.4, -0.2) is 31.3 Å². The summed E-state index contributed by atoms with van der Waals surface area (Å²) in [4.78, 5) is 11.9. The van der Waals surface area contributed by atoms with Gasteiger partial charge < -0.3 is 14.8 Å². The number of carbonyl (C=O) groups excluding carboxylic acids is 1. The number of hydrogen-bond donors (Lipinski definition) is 1. The highest BCUT2D eigenvalue weighted by molar-refractivity contribution is 5.80. The molecule has 2 rings (SSSR count). The molecule has 0 aromatic heterocycles.